The zero-order chi connectivity index (χ0) is 16.5. The minimum atomic E-state index is 0. The fourth-order valence-corrected chi connectivity index (χ4v) is 2.96. The van der Waals surface area contributed by atoms with Crippen LogP contribution in [0.15, 0.2) is 29.3 Å². The maximum absolute atomic E-state index is 5.47. The molecule has 0 bridgehead atoms. The van der Waals surface area contributed by atoms with Gasteiger partial charge in [0.05, 0.1) is 12.8 Å². The Hall–Kier alpha value is -1.18. The summed E-state index contributed by atoms with van der Waals surface area (Å²) in [6, 6.07) is 8.63. The molecule has 24 heavy (non-hydrogen) atoms. The Morgan fingerprint density at radius 3 is 2.83 bits per heavy atom. The number of benzene rings is 1. The quantitative estimate of drug-likeness (QED) is 0.292. The Kier molecular flexibility index (Phi) is 9.90. The third kappa shape index (κ3) is 6.03. The topological polar surface area (TPSA) is 48.9 Å². The molecular formula is C18H31IN4O. The van der Waals surface area contributed by atoms with Gasteiger partial charge in [-0.1, -0.05) is 31.9 Å². The molecule has 0 saturated carbocycles. The number of rotatable bonds is 7. The second-order valence-electron chi connectivity index (χ2n) is 5.95. The summed E-state index contributed by atoms with van der Waals surface area (Å²) in [5.74, 6) is 1.85. The molecule has 1 aliphatic heterocycles. The first-order valence-electron chi connectivity index (χ1n) is 8.63. The number of nitrogens with zero attached hydrogens (tertiary/aromatic N) is 2. The summed E-state index contributed by atoms with van der Waals surface area (Å²) in [5, 5.41) is 6.94. The Balaban J connectivity index is 0.00000288. The summed E-state index contributed by atoms with van der Waals surface area (Å²) in [6.45, 7) is 5.20. The van der Waals surface area contributed by atoms with Gasteiger partial charge in [0.1, 0.15) is 5.75 Å². The first-order valence-corrected chi connectivity index (χ1v) is 8.63. The van der Waals surface area contributed by atoms with Crippen LogP contribution in [0.1, 0.15) is 32.6 Å². The van der Waals surface area contributed by atoms with E-state index in [0.717, 1.165) is 37.8 Å². The van der Waals surface area contributed by atoms with Crippen molar-refractivity contribution < 1.29 is 4.74 Å². The lowest BCUT2D eigenvalue weighted by atomic mass is 10.2. The molecular weight excluding hydrogens is 415 g/mol. The molecule has 2 rings (SSSR count). The normalized spacial score (nSPS) is 17.4. The zero-order valence-corrected chi connectivity index (χ0v) is 17.4. The molecule has 1 aromatic rings. The molecule has 0 aliphatic carbocycles. The van der Waals surface area contributed by atoms with E-state index in [0.29, 0.717) is 6.04 Å². The lowest BCUT2D eigenvalue weighted by Crippen LogP contribution is -2.44. The van der Waals surface area contributed by atoms with E-state index in [-0.39, 0.29) is 24.0 Å². The molecule has 1 fully saturated rings. The maximum atomic E-state index is 5.47. The summed E-state index contributed by atoms with van der Waals surface area (Å²) in [4.78, 5) is 6.71. The van der Waals surface area contributed by atoms with Crippen LogP contribution in [0.2, 0.25) is 0 Å². The van der Waals surface area contributed by atoms with Crippen molar-refractivity contribution in [2.24, 2.45) is 4.99 Å². The van der Waals surface area contributed by atoms with E-state index < -0.39 is 0 Å². The number of anilines is 1. The van der Waals surface area contributed by atoms with Crippen molar-refractivity contribution >= 4 is 35.6 Å². The molecule has 1 heterocycles. The molecule has 1 saturated heterocycles. The van der Waals surface area contributed by atoms with Crippen LogP contribution in [-0.2, 0) is 0 Å². The predicted octanol–water partition coefficient (Wildman–Crippen LogP) is 3.25. The largest absolute Gasteiger partial charge is 0.495 e. The first kappa shape index (κ1) is 20.9. The number of aliphatic imine (C=N–C) groups is 1. The molecule has 6 heteroatoms. The molecule has 5 nitrogen and oxygen atoms in total. The summed E-state index contributed by atoms with van der Waals surface area (Å²) in [5.41, 5.74) is 1.17. The molecule has 2 N–H and O–H groups in total. The van der Waals surface area contributed by atoms with Crippen LogP contribution in [0, 0.1) is 0 Å². The van der Waals surface area contributed by atoms with Gasteiger partial charge >= 0.3 is 0 Å². The highest BCUT2D eigenvalue weighted by Gasteiger charge is 2.25. The van der Waals surface area contributed by atoms with Crippen LogP contribution in [0.5, 0.6) is 5.75 Å². The van der Waals surface area contributed by atoms with Crippen LogP contribution >= 0.6 is 24.0 Å². The molecule has 0 aromatic heterocycles. The van der Waals surface area contributed by atoms with Gasteiger partial charge in [-0.05, 0) is 25.0 Å². The number of guanidine groups is 1. The molecule has 136 valence electrons. The predicted molar refractivity (Wildman–Crippen MR) is 113 cm³/mol. The summed E-state index contributed by atoms with van der Waals surface area (Å²) >= 11 is 0. The second-order valence-corrected chi connectivity index (χ2v) is 5.95. The van der Waals surface area contributed by atoms with Crippen molar-refractivity contribution in [3.63, 3.8) is 0 Å². The number of unbranched alkanes of at least 4 members (excludes halogenated alkanes) is 2. The van der Waals surface area contributed by atoms with Gasteiger partial charge in [0.2, 0.25) is 0 Å². The number of hydrogen-bond donors (Lipinski definition) is 2. The monoisotopic (exact) mass is 446 g/mol. The molecule has 1 unspecified atom stereocenters. The standard InChI is InChI=1S/C18H30N4O.HI/c1-4-5-8-12-20-18(19-2)21-15-11-13-22(14-15)16-9-6-7-10-17(16)23-3;/h6-7,9-10,15H,4-5,8,11-14H2,1-3H3,(H2,19,20,21);1H. The van der Waals surface area contributed by atoms with E-state index in [9.17, 15) is 0 Å². The minimum Gasteiger partial charge on any atom is -0.495 e. The van der Waals surface area contributed by atoms with Crippen molar-refractivity contribution in [2.45, 2.75) is 38.6 Å². The van der Waals surface area contributed by atoms with Crippen LogP contribution in [0.3, 0.4) is 0 Å². The number of nitrogens with one attached hydrogen (secondary N) is 2. The van der Waals surface area contributed by atoms with Gasteiger partial charge in [-0.3, -0.25) is 4.99 Å². The Labute approximate surface area is 163 Å². The average molecular weight is 446 g/mol. The SMILES string of the molecule is CCCCCNC(=NC)NC1CCN(c2ccccc2OC)C1.I. The number of halogens is 1. The van der Waals surface area contributed by atoms with Gasteiger partial charge in [0.25, 0.3) is 0 Å². The van der Waals surface area contributed by atoms with Gasteiger partial charge in [-0.25, -0.2) is 0 Å². The van der Waals surface area contributed by atoms with Gasteiger partial charge in [0.15, 0.2) is 5.96 Å². The van der Waals surface area contributed by atoms with E-state index in [1.807, 2.05) is 19.2 Å². The van der Waals surface area contributed by atoms with Crippen molar-refractivity contribution in [3.8, 4) is 5.75 Å². The highest BCUT2D eigenvalue weighted by atomic mass is 127. The lowest BCUT2D eigenvalue weighted by Gasteiger charge is -2.22. The molecule has 1 aromatic carbocycles. The van der Waals surface area contributed by atoms with Crippen molar-refractivity contribution in [1.29, 1.82) is 0 Å². The molecule has 1 atom stereocenters. The fraction of sp³-hybridized carbons (Fsp3) is 0.611. The van der Waals surface area contributed by atoms with Crippen molar-refractivity contribution in [3.05, 3.63) is 24.3 Å². The van der Waals surface area contributed by atoms with E-state index in [2.05, 4.69) is 39.6 Å². The summed E-state index contributed by atoms with van der Waals surface area (Å²) < 4.78 is 5.47. The van der Waals surface area contributed by atoms with E-state index in [4.69, 9.17) is 4.74 Å². The van der Waals surface area contributed by atoms with Crippen molar-refractivity contribution in [1.82, 2.24) is 10.6 Å². The van der Waals surface area contributed by atoms with Gasteiger partial charge in [-0.15, -0.1) is 24.0 Å². The lowest BCUT2D eigenvalue weighted by molar-refractivity contribution is 0.415. The van der Waals surface area contributed by atoms with E-state index in [1.54, 1.807) is 7.11 Å². The molecule has 0 radical (unpaired) electrons. The number of methoxy groups -OCH3 is 1. The number of para-hydroxylation sites is 2. The first-order chi connectivity index (χ1) is 11.3. The number of hydrogen-bond acceptors (Lipinski definition) is 3. The van der Waals surface area contributed by atoms with Gasteiger partial charge < -0.3 is 20.3 Å². The highest BCUT2D eigenvalue weighted by Crippen LogP contribution is 2.30. The molecule has 0 spiro atoms. The summed E-state index contributed by atoms with van der Waals surface area (Å²) in [7, 11) is 3.56. The third-order valence-corrected chi connectivity index (χ3v) is 4.25. The summed E-state index contributed by atoms with van der Waals surface area (Å²) in [6.07, 6.45) is 4.79. The smallest absolute Gasteiger partial charge is 0.191 e. The van der Waals surface area contributed by atoms with Crippen molar-refractivity contribution in [2.75, 3.05) is 38.7 Å². The van der Waals surface area contributed by atoms with Crippen LogP contribution in [0.4, 0.5) is 5.69 Å². The molecule has 0 amide bonds. The maximum Gasteiger partial charge on any atom is 0.191 e. The van der Waals surface area contributed by atoms with Crippen LogP contribution in [-0.4, -0.2) is 45.8 Å². The van der Waals surface area contributed by atoms with Gasteiger partial charge in [-0.2, -0.15) is 0 Å². The molecule has 1 aliphatic rings. The Morgan fingerprint density at radius 2 is 2.12 bits per heavy atom. The zero-order valence-electron chi connectivity index (χ0n) is 15.0. The third-order valence-electron chi connectivity index (χ3n) is 4.25. The average Bonchev–Trinajstić information content (AvgIpc) is 3.06. The van der Waals surface area contributed by atoms with E-state index >= 15 is 0 Å². The Morgan fingerprint density at radius 1 is 1.33 bits per heavy atom. The van der Waals surface area contributed by atoms with Crippen LogP contribution < -0.4 is 20.3 Å². The minimum absolute atomic E-state index is 0. The van der Waals surface area contributed by atoms with Gasteiger partial charge in [0, 0.05) is 32.7 Å². The number of ether oxygens (including phenoxy) is 1. The van der Waals surface area contributed by atoms with E-state index in [1.165, 1.54) is 24.9 Å². The second kappa shape index (κ2) is 11.4. The highest BCUT2D eigenvalue weighted by molar-refractivity contribution is 14.0. The van der Waals surface area contributed by atoms with Crippen LogP contribution in [0.25, 0.3) is 0 Å². The Bertz CT molecular complexity index is 510. The fourth-order valence-electron chi connectivity index (χ4n) is 2.96.